The standard InChI is InChI=1S/C19H27N3O7S/c1-15(23)29-14-19(24)21-7-5-20(6-8-21)17-13-16(3-4-18(17)27-2)30(25,26)22-9-11-28-12-10-22/h3-4,13H,5-12,14H2,1-2H3. The molecule has 30 heavy (non-hydrogen) atoms. The minimum atomic E-state index is -3.63. The molecule has 3 rings (SSSR count). The zero-order valence-electron chi connectivity index (χ0n) is 17.2. The lowest BCUT2D eigenvalue weighted by molar-refractivity contribution is -0.150. The van der Waals surface area contributed by atoms with Crippen molar-refractivity contribution in [3.8, 4) is 5.75 Å². The zero-order chi connectivity index (χ0) is 21.7. The van der Waals surface area contributed by atoms with Crippen LogP contribution in [-0.2, 0) is 29.1 Å². The van der Waals surface area contributed by atoms with Gasteiger partial charge in [-0.25, -0.2) is 8.42 Å². The van der Waals surface area contributed by atoms with Crippen LogP contribution < -0.4 is 9.64 Å². The number of hydrogen-bond donors (Lipinski definition) is 0. The molecule has 0 saturated carbocycles. The Morgan fingerprint density at radius 2 is 1.73 bits per heavy atom. The van der Waals surface area contributed by atoms with Gasteiger partial charge in [0.2, 0.25) is 10.0 Å². The van der Waals surface area contributed by atoms with Gasteiger partial charge in [0.1, 0.15) is 5.75 Å². The number of anilines is 1. The molecule has 11 heteroatoms. The molecule has 1 amide bonds. The number of ether oxygens (including phenoxy) is 3. The van der Waals surface area contributed by atoms with E-state index >= 15 is 0 Å². The van der Waals surface area contributed by atoms with Gasteiger partial charge in [-0.2, -0.15) is 4.31 Å². The average Bonchev–Trinajstić information content (AvgIpc) is 2.77. The molecule has 166 valence electrons. The van der Waals surface area contributed by atoms with Crippen LogP contribution in [-0.4, -0.2) is 95.7 Å². The fourth-order valence-electron chi connectivity index (χ4n) is 3.46. The van der Waals surface area contributed by atoms with Gasteiger partial charge < -0.3 is 24.0 Å². The van der Waals surface area contributed by atoms with Crippen LogP contribution in [0.4, 0.5) is 5.69 Å². The molecule has 2 heterocycles. The number of nitrogens with zero attached hydrogens (tertiary/aromatic N) is 3. The predicted octanol–water partition coefficient (Wildman–Crippen LogP) is -0.0722. The van der Waals surface area contributed by atoms with E-state index in [1.807, 2.05) is 4.90 Å². The summed E-state index contributed by atoms with van der Waals surface area (Å²) in [5.41, 5.74) is 0.666. The molecule has 2 aliphatic heterocycles. The zero-order valence-corrected chi connectivity index (χ0v) is 18.0. The number of hydrogen-bond acceptors (Lipinski definition) is 8. The minimum absolute atomic E-state index is 0.202. The minimum Gasteiger partial charge on any atom is -0.495 e. The first-order valence-electron chi connectivity index (χ1n) is 9.75. The van der Waals surface area contributed by atoms with Gasteiger partial charge in [0.05, 0.1) is 30.9 Å². The SMILES string of the molecule is COc1ccc(S(=O)(=O)N2CCOCC2)cc1N1CCN(C(=O)COC(C)=O)CC1. The van der Waals surface area contributed by atoms with Gasteiger partial charge in [-0.3, -0.25) is 9.59 Å². The monoisotopic (exact) mass is 441 g/mol. The number of rotatable bonds is 6. The topological polar surface area (TPSA) is 106 Å². The third kappa shape index (κ3) is 5.02. The summed E-state index contributed by atoms with van der Waals surface area (Å²) in [6.45, 7) is 4.28. The van der Waals surface area contributed by atoms with Crippen molar-refractivity contribution in [2.45, 2.75) is 11.8 Å². The van der Waals surface area contributed by atoms with Gasteiger partial charge in [0.15, 0.2) is 6.61 Å². The Kier molecular flexibility index (Phi) is 7.16. The first-order chi connectivity index (χ1) is 14.3. The Balaban J connectivity index is 1.73. The smallest absolute Gasteiger partial charge is 0.303 e. The maximum Gasteiger partial charge on any atom is 0.303 e. The van der Waals surface area contributed by atoms with Crippen LogP contribution in [0, 0.1) is 0 Å². The number of carbonyl (C=O) groups excluding carboxylic acids is 2. The molecule has 0 spiro atoms. The van der Waals surface area contributed by atoms with Gasteiger partial charge in [0.25, 0.3) is 5.91 Å². The van der Waals surface area contributed by atoms with Crippen molar-refractivity contribution in [2.75, 3.05) is 71.1 Å². The first-order valence-corrected chi connectivity index (χ1v) is 11.2. The van der Waals surface area contributed by atoms with Crippen LogP contribution in [0.1, 0.15) is 6.92 Å². The highest BCUT2D eigenvalue weighted by atomic mass is 32.2. The lowest BCUT2D eigenvalue weighted by Crippen LogP contribution is -2.50. The number of carbonyl (C=O) groups is 2. The molecule has 0 N–H and O–H groups in total. The fourth-order valence-corrected chi connectivity index (χ4v) is 4.89. The van der Waals surface area contributed by atoms with E-state index < -0.39 is 16.0 Å². The second-order valence-electron chi connectivity index (χ2n) is 7.00. The Hall–Kier alpha value is -2.37. The molecule has 2 saturated heterocycles. The second kappa shape index (κ2) is 9.63. The highest BCUT2D eigenvalue weighted by Crippen LogP contribution is 2.33. The van der Waals surface area contributed by atoms with E-state index in [9.17, 15) is 18.0 Å². The van der Waals surface area contributed by atoms with E-state index in [2.05, 4.69) is 0 Å². The third-order valence-corrected chi connectivity index (χ3v) is 7.02. The molecule has 0 radical (unpaired) electrons. The largest absolute Gasteiger partial charge is 0.495 e. The van der Waals surface area contributed by atoms with Crippen LogP contribution in [0.3, 0.4) is 0 Å². The number of piperazine rings is 1. The van der Waals surface area contributed by atoms with Crippen LogP contribution in [0.2, 0.25) is 0 Å². The third-order valence-electron chi connectivity index (χ3n) is 5.13. The lowest BCUT2D eigenvalue weighted by atomic mass is 10.2. The maximum absolute atomic E-state index is 13.0. The van der Waals surface area contributed by atoms with Crippen LogP contribution in [0.15, 0.2) is 23.1 Å². The van der Waals surface area contributed by atoms with Crippen molar-refractivity contribution >= 4 is 27.6 Å². The van der Waals surface area contributed by atoms with Gasteiger partial charge in [-0.15, -0.1) is 0 Å². The van der Waals surface area contributed by atoms with Crippen molar-refractivity contribution in [1.29, 1.82) is 0 Å². The van der Waals surface area contributed by atoms with E-state index in [1.165, 1.54) is 18.3 Å². The summed E-state index contributed by atoms with van der Waals surface area (Å²) in [5.74, 6) is -0.180. The lowest BCUT2D eigenvalue weighted by Gasteiger charge is -2.36. The summed E-state index contributed by atoms with van der Waals surface area (Å²) in [6, 6.07) is 4.83. The predicted molar refractivity (Wildman–Crippen MR) is 108 cm³/mol. The molecule has 0 aliphatic carbocycles. The quantitative estimate of drug-likeness (QED) is 0.565. The van der Waals surface area contributed by atoms with Crippen LogP contribution in [0.5, 0.6) is 5.75 Å². The van der Waals surface area contributed by atoms with Crippen molar-refractivity contribution in [2.24, 2.45) is 0 Å². The average molecular weight is 442 g/mol. The summed E-state index contributed by atoms with van der Waals surface area (Å²) in [4.78, 5) is 26.9. The molecule has 0 atom stereocenters. The fraction of sp³-hybridized carbons (Fsp3) is 0.579. The van der Waals surface area contributed by atoms with Gasteiger partial charge in [-0.05, 0) is 18.2 Å². The normalized spacial score (nSPS) is 18.2. The number of morpholine rings is 1. The molecular formula is C19H27N3O7S. The molecule has 10 nitrogen and oxygen atoms in total. The molecule has 1 aromatic rings. The molecular weight excluding hydrogens is 414 g/mol. The molecule has 2 aliphatic rings. The number of amides is 1. The maximum atomic E-state index is 13.0. The highest BCUT2D eigenvalue weighted by molar-refractivity contribution is 7.89. The van der Waals surface area contributed by atoms with E-state index in [4.69, 9.17) is 14.2 Å². The summed E-state index contributed by atoms with van der Waals surface area (Å²) in [7, 11) is -2.09. The molecule has 2 fully saturated rings. The van der Waals surface area contributed by atoms with Gasteiger partial charge >= 0.3 is 5.97 Å². The molecule has 0 unspecified atom stereocenters. The Bertz CT molecular complexity index is 876. The van der Waals surface area contributed by atoms with E-state index in [0.29, 0.717) is 63.9 Å². The van der Waals surface area contributed by atoms with Gasteiger partial charge in [-0.1, -0.05) is 0 Å². The van der Waals surface area contributed by atoms with Crippen molar-refractivity contribution in [3.63, 3.8) is 0 Å². The van der Waals surface area contributed by atoms with E-state index in [1.54, 1.807) is 23.1 Å². The molecule has 1 aromatic carbocycles. The van der Waals surface area contributed by atoms with Crippen molar-refractivity contribution in [3.05, 3.63) is 18.2 Å². The van der Waals surface area contributed by atoms with Crippen molar-refractivity contribution < 1.29 is 32.2 Å². The number of sulfonamides is 1. The number of benzene rings is 1. The molecule has 0 aromatic heterocycles. The summed E-state index contributed by atoms with van der Waals surface area (Å²) >= 11 is 0. The van der Waals surface area contributed by atoms with Crippen LogP contribution in [0.25, 0.3) is 0 Å². The summed E-state index contributed by atoms with van der Waals surface area (Å²) in [5, 5.41) is 0. The Labute approximate surface area is 176 Å². The van der Waals surface area contributed by atoms with E-state index in [0.717, 1.165) is 0 Å². The second-order valence-corrected chi connectivity index (χ2v) is 8.94. The molecule has 0 bridgehead atoms. The highest BCUT2D eigenvalue weighted by Gasteiger charge is 2.29. The number of esters is 1. The van der Waals surface area contributed by atoms with E-state index in [-0.39, 0.29) is 17.4 Å². The van der Waals surface area contributed by atoms with Crippen molar-refractivity contribution in [1.82, 2.24) is 9.21 Å². The number of methoxy groups -OCH3 is 1. The van der Waals surface area contributed by atoms with Crippen LogP contribution >= 0.6 is 0 Å². The summed E-state index contributed by atoms with van der Waals surface area (Å²) in [6.07, 6.45) is 0. The van der Waals surface area contributed by atoms with Gasteiger partial charge in [0, 0.05) is 46.2 Å². The Morgan fingerprint density at radius 1 is 1.07 bits per heavy atom. The first kappa shape index (κ1) is 22.3. The summed E-state index contributed by atoms with van der Waals surface area (Å²) < 4.78 is 42.9. The Morgan fingerprint density at radius 3 is 2.33 bits per heavy atom.